The average Bonchev–Trinajstić information content (AvgIpc) is 3.24. The highest BCUT2D eigenvalue weighted by Crippen LogP contribution is 2.38. The summed E-state index contributed by atoms with van der Waals surface area (Å²) in [7, 11) is -2.19. The third-order valence-electron chi connectivity index (χ3n) is 7.17. The van der Waals surface area contributed by atoms with E-state index in [9.17, 15) is 18.0 Å². The molecule has 0 heterocycles. The molecule has 0 aliphatic heterocycles. The molecule has 0 spiro atoms. The number of benzene rings is 1. The number of ether oxygens (including phenoxy) is 2. The average molecular weight is 541 g/mol. The molecule has 37 heavy (non-hydrogen) atoms. The van der Waals surface area contributed by atoms with Gasteiger partial charge in [-0.2, -0.15) is 13.2 Å². The molecular weight excluding hydrogens is 497 g/mol. The van der Waals surface area contributed by atoms with Gasteiger partial charge in [-0.3, -0.25) is 4.79 Å². The quantitative estimate of drug-likeness (QED) is 0.115. The Morgan fingerprint density at radius 1 is 1.19 bits per heavy atom. The van der Waals surface area contributed by atoms with E-state index in [1.165, 1.54) is 12.1 Å². The fraction of sp³-hybridized carbons (Fsp3) is 0.621. The van der Waals surface area contributed by atoms with Crippen molar-refractivity contribution in [1.29, 1.82) is 0 Å². The zero-order chi connectivity index (χ0) is 27.7. The van der Waals surface area contributed by atoms with Crippen LogP contribution in [-0.2, 0) is 20.1 Å². The summed E-state index contributed by atoms with van der Waals surface area (Å²) in [6.07, 6.45) is 7.70. The van der Waals surface area contributed by atoms with Crippen LogP contribution in [0.4, 0.5) is 13.2 Å². The Morgan fingerprint density at radius 2 is 1.92 bits per heavy atom. The lowest BCUT2D eigenvalue weighted by atomic mass is 10.0. The second kappa shape index (κ2) is 13.6. The fourth-order valence-electron chi connectivity index (χ4n) is 3.97. The Morgan fingerprint density at radius 3 is 2.57 bits per heavy atom. The number of allylic oxidation sites excluding steroid dienone is 2. The minimum atomic E-state index is -4.43. The van der Waals surface area contributed by atoms with Gasteiger partial charge in [-0.15, -0.1) is 0 Å². The number of rotatable bonds is 12. The van der Waals surface area contributed by atoms with E-state index in [1.807, 2.05) is 31.2 Å². The minimum absolute atomic E-state index is 0.0479. The van der Waals surface area contributed by atoms with Crippen LogP contribution in [0.15, 0.2) is 48.6 Å². The van der Waals surface area contributed by atoms with E-state index in [1.54, 1.807) is 0 Å². The molecule has 1 aromatic rings. The Labute approximate surface area is 221 Å². The third kappa shape index (κ3) is 10.3. The molecule has 0 amide bonds. The van der Waals surface area contributed by atoms with Gasteiger partial charge in [0.1, 0.15) is 18.5 Å². The second-order valence-electron chi connectivity index (χ2n) is 11.2. The highest BCUT2D eigenvalue weighted by Gasteiger charge is 2.39. The number of esters is 1. The van der Waals surface area contributed by atoms with Crippen molar-refractivity contribution in [3.8, 4) is 5.75 Å². The molecule has 208 valence electrons. The largest absolute Gasteiger partial charge is 0.491 e. The lowest BCUT2D eigenvalue weighted by Gasteiger charge is -2.38. The summed E-state index contributed by atoms with van der Waals surface area (Å²) in [5.74, 6) is 0.0629. The van der Waals surface area contributed by atoms with Gasteiger partial charge < -0.3 is 13.9 Å². The molecular formula is C29H43F3O4Si. The number of hydrogen-bond donors (Lipinski definition) is 0. The summed E-state index contributed by atoms with van der Waals surface area (Å²) in [5.41, 5.74) is -0.747. The van der Waals surface area contributed by atoms with Crippen LogP contribution < -0.4 is 4.74 Å². The van der Waals surface area contributed by atoms with Gasteiger partial charge in [-0.1, -0.05) is 51.1 Å². The summed E-state index contributed by atoms with van der Waals surface area (Å²) in [5, 5.41) is -0.0479. The summed E-state index contributed by atoms with van der Waals surface area (Å²) < 4.78 is 57.5. The first kappa shape index (κ1) is 31.2. The first-order valence-corrected chi connectivity index (χ1v) is 16.1. The van der Waals surface area contributed by atoms with E-state index >= 15 is 0 Å². The van der Waals surface area contributed by atoms with Gasteiger partial charge in [-0.25, -0.2) is 0 Å². The maximum atomic E-state index is 13.1. The zero-order valence-electron chi connectivity index (χ0n) is 23.1. The van der Waals surface area contributed by atoms with Gasteiger partial charge in [0.25, 0.3) is 0 Å². The molecule has 1 fully saturated rings. The van der Waals surface area contributed by atoms with Crippen LogP contribution in [-0.4, -0.2) is 33.1 Å². The molecule has 0 bridgehead atoms. The number of alkyl halides is 3. The standard InChI is InChI=1S/C29H43F3O4Si/c1-7-8-9-10-17-27(33)35-26-16-11-13-22(26)18-19-25(36-37(5,6)28(2,3)4)21-34-24-15-12-14-23(20-24)29(30,31)32/h7-8,12,14-15,18-20,22,25-26H,9-11,13,16-17,21H2,1-6H3/b8-7?,19-18+/t22?,25-,26?/m1/s1. The summed E-state index contributed by atoms with van der Waals surface area (Å²) in [6.45, 7) is 12.7. The number of halogens is 3. The number of carbonyl (C=O) groups excluding carboxylic acids is 1. The van der Waals surface area contributed by atoms with Crippen molar-refractivity contribution in [3.63, 3.8) is 0 Å². The van der Waals surface area contributed by atoms with Crippen molar-refractivity contribution >= 4 is 14.3 Å². The van der Waals surface area contributed by atoms with E-state index in [-0.39, 0.29) is 35.4 Å². The van der Waals surface area contributed by atoms with Gasteiger partial charge in [0.05, 0.1) is 11.7 Å². The molecule has 0 N–H and O–H groups in total. The Hall–Kier alpha value is -2.06. The molecule has 0 radical (unpaired) electrons. The van der Waals surface area contributed by atoms with Gasteiger partial charge in [0.2, 0.25) is 0 Å². The van der Waals surface area contributed by atoms with Crippen LogP contribution in [0.1, 0.15) is 71.8 Å². The predicted molar refractivity (Wildman–Crippen MR) is 144 cm³/mol. The Bertz CT molecular complexity index is 918. The van der Waals surface area contributed by atoms with Gasteiger partial charge in [-0.05, 0) is 75.4 Å². The molecule has 2 unspecified atom stereocenters. The third-order valence-corrected chi connectivity index (χ3v) is 11.7. The molecule has 3 atom stereocenters. The summed E-state index contributed by atoms with van der Waals surface area (Å²) >= 11 is 0. The molecule has 0 aromatic heterocycles. The first-order valence-electron chi connectivity index (χ1n) is 13.2. The summed E-state index contributed by atoms with van der Waals surface area (Å²) in [4.78, 5) is 12.3. The van der Waals surface area contributed by atoms with Gasteiger partial charge in [0.15, 0.2) is 8.32 Å². The van der Waals surface area contributed by atoms with E-state index in [0.717, 1.165) is 44.2 Å². The molecule has 0 saturated heterocycles. The SMILES string of the molecule is CC=CCCCC(=O)OC1CCCC1/C=C/[C@H](COc1cccc(C(F)(F)F)c1)O[Si](C)(C)C(C)(C)C. The second-order valence-corrected chi connectivity index (χ2v) is 16.0. The molecule has 2 rings (SSSR count). The Balaban J connectivity index is 2.10. The van der Waals surface area contributed by atoms with Crippen molar-refractivity contribution in [2.24, 2.45) is 5.92 Å². The molecule has 1 saturated carbocycles. The smallest absolute Gasteiger partial charge is 0.416 e. The molecule has 8 heteroatoms. The maximum Gasteiger partial charge on any atom is 0.416 e. The normalized spacial score (nSPS) is 20.0. The van der Waals surface area contributed by atoms with Gasteiger partial charge in [0, 0.05) is 12.3 Å². The zero-order valence-corrected chi connectivity index (χ0v) is 24.1. The fourth-order valence-corrected chi connectivity index (χ4v) is 5.23. The van der Waals surface area contributed by atoms with Crippen LogP contribution >= 0.6 is 0 Å². The highest BCUT2D eigenvalue weighted by atomic mass is 28.4. The number of hydrogen-bond acceptors (Lipinski definition) is 4. The van der Waals surface area contributed by atoms with Crippen LogP contribution in [0.2, 0.25) is 18.1 Å². The van der Waals surface area contributed by atoms with Crippen LogP contribution in [0.5, 0.6) is 5.75 Å². The topological polar surface area (TPSA) is 44.8 Å². The minimum Gasteiger partial charge on any atom is -0.491 e. The lowest BCUT2D eigenvalue weighted by molar-refractivity contribution is -0.150. The van der Waals surface area contributed by atoms with Crippen molar-refractivity contribution in [2.45, 2.75) is 103 Å². The number of unbranched alkanes of at least 4 members (excludes halogenated alkanes) is 1. The van der Waals surface area contributed by atoms with Crippen molar-refractivity contribution in [2.75, 3.05) is 6.61 Å². The number of carbonyl (C=O) groups is 1. The molecule has 4 nitrogen and oxygen atoms in total. The van der Waals surface area contributed by atoms with Crippen LogP contribution in [0.3, 0.4) is 0 Å². The maximum absolute atomic E-state index is 13.1. The predicted octanol–water partition coefficient (Wildman–Crippen LogP) is 8.49. The van der Waals surface area contributed by atoms with E-state index in [0.29, 0.717) is 6.42 Å². The van der Waals surface area contributed by atoms with Gasteiger partial charge >= 0.3 is 12.1 Å². The Kier molecular flexibility index (Phi) is 11.5. The van der Waals surface area contributed by atoms with Crippen LogP contribution in [0, 0.1) is 5.92 Å². The van der Waals surface area contributed by atoms with E-state index in [2.05, 4.69) is 33.9 Å². The summed E-state index contributed by atoms with van der Waals surface area (Å²) in [6, 6.07) is 4.90. The highest BCUT2D eigenvalue weighted by molar-refractivity contribution is 6.74. The van der Waals surface area contributed by atoms with Crippen molar-refractivity contribution in [3.05, 3.63) is 54.1 Å². The van der Waals surface area contributed by atoms with Crippen molar-refractivity contribution in [1.82, 2.24) is 0 Å². The lowest BCUT2D eigenvalue weighted by Crippen LogP contribution is -2.45. The molecule has 1 aliphatic rings. The molecule has 1 aliphatic carbocycles. The molecule has 1 aromatic carbocycles. The van der Waals surface area contributed by atoms with Crippen molar-refractivity contribution < 1.29 is 31.9 Å². The monoisotopic (exact) mass is 540 g/mol. The first-order chi connectivity index (χ1) is 17.2. The van der Waals surface area contributed by atoms with E-state index in [4.69, 9.17) is 13.9 Å². The van der Waals surface area contributed by atoms with Crippen LogP contribution in [0.25, 0.3) is 0 Å². The van der Waals surface area contributed by atoms with E-state index < -0.39 is 26.2 Å².